The van der Waals surface area contributed by atoms with Gasteiger partial charge in [-0.05, 0) is 10.9 Å². The van der Waals surface area contributed by atoms with Crippen molar-refractivity contribution in [2.75, 3.05) is 5.32 Å². The van der Waals surface area contributed by atoms with E-state index < -0.39 is 0 Å². The fourth-order valence-electron chi connectivity index (χ4n) is 2.45. The molecule has 98 valence electrons. The maximum absolute atomic E-state index is 10.8. The van der Waals surface area contributed by atoms with Gasteiger partial charge in [0.05, 0.1) is 5.69 Å². The van der Waals surface area contributed by atoms with Crippen LogP contribution in [0.25, 0.3) is 21.9 Å². The van der Waals surface area contributed by atoms with Gasteiger partial charge >= 0.3 is 0 Å². The average Bonchev–Trinajstić information content (AvgIpc) is 2.49. The van der Waals surface area contributed by atoms with E-state index in [2.05, 4.69) is 5.32 Å². The molecule has 0 heterocycles. The zero-order chi connectivity index (χ0) is 13.9. The van der Waals surface area contributed by atoms with Gasteiger partial charge in [-0.15, -0.1) is 0 Å². The predicted molar refractivity (Wildman–Crippen MR) is 80.7 cm³/mol. The molecule has 1 amide bonds. The normalized spacial score (nSPS) is 10.4. The molecule has 0 aliphatic rings. The minimum Gasteiger partial charge on any atom is -0.507 e. The van der Waals surface area contributed by atoms with Crippen LogP contribution in [0.4, 0.5) is 5.69 Å². The Kier molecular flexibility index (Phi) is 3.09. The summed E-state index contributed by atoms with van der Waals surface area (Å²) in [4.78, 5) is 10.8. The summed E-state index contributed by atoms with van der Waals surface area (Å²) in [5, 5.41) is 14.4. The van der Waals surface area contributed by atoms with Crippen LogP contribution in [-0.2, 0) is 4.79 Å². The smallest absolute Gasteiger partial charge is 0.211 e. The number of benzene rings is 3. The first kappa shape index (κ1) is 12.2. The van der Waals surface area contributed by atoms with E-state index in [9.17, 15) is 9.90 Å². The SMILES string of the molecule is O=CNc1cc(O)c2ccccc2c1-c1ccccc1. The molecular weight excluding hydrogens is 250 g/mol. The Labute approximate surface area is 116 Å². The third-order valence-corrected chi connectivity index (χ3v) is 3.30. The van der Waals surface area contributed by atoms with Gasteiger partial charge in [0.15, 0.2) is 0 Å². The molecule has 0 atom stereocenters. The highest BCUT2D eigenvalue weighted by Gasteiger charge is 2.12. The van der Waals surface area contributed by atoms with Crippen LogP contribution in [0.5, 0.6) is 5.75 Å². The Morgan fingerprint density at radius 3 is 2.25 bits per heavy atom. The number of carbonyl (C=O) groups excluding carboxylic acids is 1. The molecule has 3 heteroatoms. The van der Waals surface area contributed by atoms with Crippen molar-refractivity contribution in [1.82, 2.24) is 0 Å². The lowest BCUT2D eigenvalue weighted by Gasteiger charge is -2.14. The molecule has 20 heavy (non-hydrogen) atoms. The Hall–Kier alpha value is -2.81. The molecule has 0 saturated carbocycles. The van der Waals surface area contributed by atoms with Gasteiger partial charge in [0.2, 0.25) is 6.41 Å². The van der Waals surface area contributed by atoms with Crippen LogP contribution >= 0.6 is 0 Å². The van der Waals surface area contributed by atoms with E-state index in [0.29, 0.717) is 12.1 Å². The largest absolute Gasteiger partial charge is 0.507 e. The highest BCUT2D eigenvalue weighted by atomic mass is 16.3. The fourth-order valence-corrected chi connectivity index (χ4v) is 2.45. The molecule has 0 fully saturated rings. The van der Waals surface area contributed by atoms with E-state index in [1.807, 2.05) is 54.6 Å². The van der Waals surface area contributed by atoms with Gasteiger partial charge in [-0.2, -0.15) is 0 Å². The van der Waals surface area contributed by atoms with Crippen molar-refractivity contribution in [1.29, 1.82) is 0 Å². The number of phenolic OH excluding ortho intramolecular Hbond substituents is 1. The standard InChI is InChI=1S/C17H13NO2/c19-11-18-15-10-16(20)13-8-4-5-9-14(13)17(15)12-6-2-1-3-7-12/h1-11,20H,(H,18,19). The first-order valence-electron chi connectivity index (χ1n) is 6.31. The summed E-state index contributed by atoms with van der Waals surface area (Å²) in [5.74, 6) is 0.157. The zero-order valence-corrected chi connectivity index (χ0v) is 10.7. The zero-order valence-electron chi connectivity index (χ0n) is 10.7. The monoisotopic (exact) mass is 263 g/mol. The average molecular weight is 263 g/mol. The number of aromatic hydroxyl groups is 1. The van der Waals surface area contributed by atoms with Crippen molar-refractivity contribution in [2.24, 2.45) is 0 Å². The molecule has 3 rings (SSSR count). The number of hydrogen-bond donors (Lipinski definition) is 2. The second-order valence-electron chi connectivity index (χ2n) is 4.49. The third-order valence-electron chi connectivity index (χ3n) is 3.30. The Balaban J connectivity index is 2.40. The van der Waals surface area contributed by atoms with Crippen molar-refractivity contribution >= 4 is 22.9 Å². The van der Waals surface area contributed by atoms with Crippen LogP contribution < -0.4 is 5.32 Å². The van der Waals surface area contributed by atoms with Crippen LogP contribution in [0.3, 0.4) is 0 Å². The molecule has 0 radical (unpaired) electrons. The van der Waals surface area contributed by atoms with E-state index in [1.165, 1.54) is 0 Å². The molecule has 3 aromatic rings. The van der Waals surface area contributed by atoms with Crippen molar-refractivity contribution in [3.8, 4) is 16.9 Å². The maximum Gasteiger partial charge on any atom is 0.211 e. The second kappa shape index (κ2) is 5.05. The van der Waals surface area contributed by atoms with E-state index in [-0.39, 0.29) is 5.75 Å². The molecule has 0 unspecified atom stereocenters. The Bertz CT molecular complexity index is 767. The van der Waals surface area contributed by atoms with E-state index >= 15 is 0 Å². The lowest BCUT2D eigenvalue weighted by atomic mass is 9.95. The highest BCUT2D eigenvalue weighted by Crippen LogP contribution is 2.39. The molecule has 0 saturated heterocycles. The predicted octanol–water partition coefficient (Wildman–Crippen LogP) is 3.78. The minimum atomic E-state index is 0.157. The first-order valence-corrected chi connectivity index (χ1v) is 6.31. The quantitative estimate of drug-likeness (QED) is 0.706. The summed E-state index contributed by atoms with van der Waals surface area (Å²) >= 11 is 0. The number of amides is 1. The summed E-state index contributed by atoms with van der Waals surface area (Å²) in [6.45, 7) is 0. The van der Waals surface area contributed by atoms with E-state index in [1.54, 1.807) is 6.07 Å². The molecule has 0 aliphatic carbocycles. The number of carbonyl (C=O) groups is 1. The van der Waals surface area contributed by atoms with Crippen LogP contribution in [-0.4, -0.2) is 11.5 Å². The van der Waals surface area contributed by atoms with Gasteiger partial charge < -0.3 is 10.4 Å². The van der Waals surface area contributed by atoms with Gasteiger partial charge in [0, 0.05) is 17.0 Å². The molecule has 3 nitrogen and oxygen atoms in total. The molecule has 0 aromatic heterocycles. The third kappa shape index (κ3) is 1.99. The lowest BCUT2D eigenvalue weighted by Crippen LogP contribution is -1.97. The number of anilines is 1. The van der Waals surface area contributed by atoms with E-state index in [4.69, 9.17) is 0 Å². The summed E-state index contributed by atoms with van der Waals surface area (Å²) in [7, 11) is 0. The molecule has 2 N–H and O–H groups in total. The number of phenols is 1. The number of fused-ring (bicyclic) bond motifs is 1. The Morgan fingerprint density at radius 2 is 1.55 bits per heavy atom. The summed E-state index contributed by atoms with van der Waals surface area (Å²) in [5.41, 5.74) is 2.50. The Morgan fingerprint density at radius 1 is 0.900 bits per heavy atom. The van der Waals surface area contributed by atoms with Gasteiger partial charge in [-0.1, -0.05) is 54.6 Å². The molecular formula is C17H13NO2. The molecule has 3 aromatic carbocycles. The first-order chi connectivity index (χ1) is 9.81. The molecule has 0 bridgehead atoms. The summed E-state index contributed by atoms with van der Waals surface area (Å²) in [6.07, 6.45) is 0.621. The van der Waals surface area contributed by atoms with Gasteiger partial charge in [-0.3, -0.25) is 4.79 Å². The van der Waals surface area contributed by atoms with Crippen LogP contribution in [0.15, 0.2) is 60.7 Å². The maximum atomic E-state index is 10.8. The van der Waals surface area contributed by atoms with Gasteiger partial charge in [0.25, 0.3) is 0 Å². The minimum absolute atomic E-state index is 0.157. The van der Waals surface area contributed by atoms with Crippen molar-refractivity contribution in [3.05, 3.63) is 60.7 Å². The highest BCUT2D eigenvalue weighted by molar-refractivity contribution is 6.07. The van der Waals surface area contributed by atoms with Gasteiger partial charge in [-0.25, -0.2) is 0 Å². The number of nitrogens with one attached hydrogen (secondary N) is 1. The van der Waals surface area contributed by atoms with Crippen molar-refractivity contribution in [2.45, 2.75) is 0 Å². The molecule has 0 spiro atoms. The van der Waals surface area contributed by atoms with Crippen LogP contribution in [0.2, 0.25) is 0 Å². The number of rotatable bonds is 3. The van der Waals surface area contributed by atoms with E-state index in [0.717, 1.165) is 21.9 Å². The number of hydrogen-bond acceptors (Lipinski definition) is 2. The summed E-state index contributed by atoms with van der Waals surface area (Å²) < 4.78 is 0. The lowest BCUT2D eigenvalue weighted by molar-refractivity contribution is -0.105. The van der Waals surface area contributed by atoms with Crippen LogP contribution in [0.1, 0.15) is 0 Å². The topological polar surface area (TPSA) is 49.3 Å². The second-order valence-corrected chi connectivity index (χ2v) is 4.49. The molecule has 0 aliphatic heterocycles. The summed E-state index contributed by atoms with van der Waals surface area (Å²) in [6, 6.07) is 19.0. The van der Waals surface area contributed by atoms with Crippen LogP contribution in [0, 0.1) is 0 Å². The fraction of sp³-hybridized carbons (Fsp3) is 0. The van der Waals surface area contributed by atoms with Crippen molar-refractivity contribution in [3.63, 3.8) is 0 Å². The van der Waals surface area contributed by atoms with Crippen molar-refractivity contribution < 1.29 is 9.90 Å². The van der Waals surface area contributed by atoms with Gasteiger partial charge in [0.1, 0.15) is 5.75 Å².